The summed E-state index contributed by atoms with van der Waals surface area (Å²) in [6.45, 7) is 3.44. The van der Waals surface area contributed by atoms with E-state index in [2.05, 4.69) is 9.97 Å². The first kappa shape index (κ1) is 15.8. The first-order valence-corrected chi connectivity index (χ1v) is 8.38. The van der Waals surface area contributed by atoms with E-state index >= 15 is 0 Å². The van der Waals surface area contributed by atoms with Crippen LogP contribution >= 0.6 is 0 Å². The molecule has 0 bridgehead atoms. The molecule has 1 fully saturated rings. The molecule has 128 valence electrons. The second-order valence-electron chi connectivity index (χ2n) is 6.31. The topological polar surface area (TPSA) is 60.2 Å². The lowest BCUT2D eigenvalue weighted by Crippen LogP contribution is -2.42. The summed E-state index contributed by atoms with van der Waals surface area (Å²) in [5.74, 6) is 0.745. The summed E-state index contributed by atoms with van der Waals surface area (Å²) in [7, 11) is 1.96. The van der Waals surface area contributed by atoms with Crippen LogP contribution in [0.5, 0.6) is 0 Å². The molecule has 3 aromatic rings. The molecular formula is C19H20N4O2. The van der Waals surface area contributed by atoms with Crippen LogP contribution in [0.15, 0.2) is 42.7 Å². The quantitative estimate of drug-likeness (QED) is 0.721. The molecule has 1 aliphatic heterocycles. The maximum atomic E-state index is 13.1. The van der Waals surface area contributed by atoms with Crippen molar-refractivity contribution in [2.45, 2.75) is 13.0 Å². The number of carbonyl (C=O) groups is 1. The summed E-state index contributed by atoms with van der Waals surface area (Å²) in [4.78, 5) is 23.5. The zero-order valence-corrected chi connectivity index (χ0v) is 14.3. The van der Waals surface area contributed by atoms with Gasteiger partial charge in [0, 0.05) is 36.9 Å². The predicted molar refractivity (Wildman–Crippen MR) is 94.3 cm³/mol. The normalized spacial score (nSPS) is 17.8. The molecule has 1 amide bonds. The van der Waals surface area contributed by atoms with Crippen molar-refractivity contribution in [1.29, 1.82) is 0 Å². The van der Waals surface area contributed by atoms with Gasteiger partial charge in [0.1, 0.15) is 11.9 Å². The molecular weight excluding hydrogens is 316 g/mol. The van der Waals surface area contributed by atoms with Crippen molar-refractivity contribution in [3.05, 3.63) is 59.8 Å². The van der Waals surface area contributed by atoms with Gasteiger partial charge >= 0.3 is 0 Å². The van der Waals surface area contributed by atoms with Crippen LogP contribution in [0, 0.1) is 6.92 Å². The van der Waals surface area contributed by atoms with Crippen LogP contribution in [0.1, 0.15) is 28.0 Å². The number of hydrogen-bond acceptors (Lipinski definition) is 4. The fourth-order valence-electron chi connectivity index (χ4n) is 3.35. The van der Waals surface area contributed by atoms with Crippen molar-refractivity contribution in [1.82, 2.24) is 19.4 Å². The Morgan fingerprint density at radius 3 is 2.96 bits per heavy atom. The molecule has 3 heterocycles. The first-order valence-electron chi connectivity index (χ1n) is 8.38. The van der Waals surface area contributed by atoms with E-state index in [0.29, 0.717) is 25.5 Å². The van der Waals surface area contributed by atoms with Gasteiger partial charge in [-0.05, 0) is 19.1 Å². The number of hydrogen-bond donors (Lipinski definition) is 0. The van der Waals surface area contributed by atoms with Gasteiger partial charge in [0.15, 0.2) is 0 Å². The lowest BCUT2D eigenvalue weighted by atomic mass is 10.1. The molecule has 0 aliphatic carbocycles. The van der Waals surface area contributed by atoms with Crippen LogP contribution in [0.4, 0.5) is 0 Å². The molecule has 2 aromatic heterocycles. The van der Waals surface area contributed by atoms with Crippen LogP contribution in [-0.4, -0.2) is 45.0 Å². The molecule has 0 radical (unpaired) electrons. The summed E-state index contributed by atoms with van der Waals surface area (Å²) >= 11 is 0. The Balaban J connectivity index is 1.61. The summed E-state index contributed by atoms with van der Waals surface area (Å²) < 4.78 is 7.83. The Labute approximate surface area is 146 Å². The Morgan fingerprint density at radius 2 is 2.12 bits per heavy atom. The molecule has 4 rings (SSSR count). The third-order valence-corrected chi connectivity index (χ3v) is 4.61. The minimum Gasteiger partial charge on any atom is -0.368 e. The Bertz CT molecular complexity index is 934. The third-order valence-electron chi connectivity index (χ3n) is 4.61. The summed E-state index contributed by atoms with van der Waals surface area (Å²) in [5.41, 5.74) is 2.61. The van der Waals surface area contributed by atoms with Gasteiger partial charge in [-0.25, -0.2) is 9.97 Å². The molecule has 25 heavy (non-hydrogen) atoms. The van der Waals surface area contributed by atoms with E-state index in [9.17, 15) is 4.79 Å². The van der Waals surface area contributed by atoms with Crippen molar-refractivity contribution in [3.8, 4) is 0 Å². The number of fused-ring (bicyclic) bond motifs is 1. The molecule has 0 saturated carbocycles. The number of amides is 1. The number of aromatic nitrogens is 3. The van der Waals surface area contributed by atoms with Crippen LogP contribution in [-0.2, 0) is 11.8 Å². The van der Waals surface area contributed by atoms with Crippen molar-refractivity contribution >= 4 is 16.8 Å². The van der Waals surface area contributed by atoms with Gasteiger partial charge in [0.05, 0.1) is 24.4 Å². The number of nitrogens with zero attached hydrogens (tertiary/aromatic N) is 4. The van der Waals surface area contributed by atoms with E-state index in [-0.39, 0.29) is 12.0 Å². The average molecular weight is 336 g/mol. The monoisotopic (exact) mass is 336 g/mol. The molecule has 6 heteroatoms. The number of benzene rings is 1. The van der Waals surface area contributed by atoms with Gasteiger partial charge in [-0.2, -0.15) is 0 Å². The number of carbonyl (C=O) groups excluding carboxylic acids is 1. The number of para-hydroxylation sites is 1. The second-order valence-corrected chi connectivity index (χ2v) is 6.31. The molecule has 1 aliphatic rings. The number of aryl methyl sites for hydroxylation is 2. The van der Waals surface area contributed by atoms with Crippen LogP contribution in [0.2, 0.25) is 0 Å². The molecule has 0 spiro atoms. The molecule has 1 saturated heterocycles. The highest BCUT2D eigenvalue weighted by Gasteiger charge is 2.28. The summed E-state index contributed by atoms with van der Waals surface area (Å²) in [5, 5.41) is 0.982. The Hall–Kier alpha value is -2.73. The average Bonchev–Trinajstić information content (AvgIpc) is 2.98. The molecule has 1 atom stereocenters. The number of morpholine rings is 1. The molecule has 1 unspecified atom stereocenters. The molecule has 1 aromatic carbocycles. The van der Waals surface area contributed by atoms with Gasteiger partial charge in [0.2, 0.25) is 0 Å². The van der Waals surface area contributed by atoms with Gasteiger partial charge in [0.25, 0.3) is 5.91 Å². The fraction of sp³-hybridized carbons (Fsp3) is 0.316. The van der Waals surface area contributed by atoms with Crippen molar-refractivity contribution in [3.63, 3.8) is 0 Å². The SMILES string of the molecule is Cc1nccc(C2CN(C(=O)c3cn(C)c4ccccc34)CCO2)n1. The summed E-state index contributed by atoms with van der Waals surface area (Å²) in [6, 6.07) is 9.82. The number of rotatable bonds is 2. The molecule has 0 N–H and O–H groups in total. The van der Waals surface area contributed by atoms with E-state index in [0.717, 1.165) is 22.2 Å². The highest BCUT2D eigenvalue weighted by Crippen LogP contribution is 2.25. The maximum Gasteiger partial charge on any atom is 0.256 e. The Morgan fingerprint density at radius 1 is 1.28 bits per heavy atom. The highest BCUT2D eigenvalue weighted by atomic mass is 16.5. The van der Waals surface area contributed by atoms with Crippen molar-refractivity contribution < 1.29 is 9.53 Å². The fourth-order valence-corrected chi connectivity index (χ4v) is 3.35. The lowest BCUT2D eigenvalue weighted by Gasteiger charge is -2.32. The Kier molecular flexibility index (Phi) is 3.97. The minimum atomic E-state index is -0.214. The first-order chi connectivity index (χ1) is 12.1. The second kappa shape index (κ2) is 6.29. The maximum absolute atomic E-state index is 13.1. The van der Waals surface area contributed by atoms with Crippen LogP contribution in [0.3, 0.4) is 0 Å². The van der Waals surface area contributed by atoms with Crippen molar-refractivity contribution in [2.75, 3.05) is 19.7 Å². The number of ether oxygens (including phenoxy) is 1. The zero-order valence-electron chi connectivity index (χ0n) is 14.3. The van der Waals surface area contributed by atoms with E-state index in [1.54, 1.807) is 6.20 Å². The predicted octanol–water partition coefficient (Wildman–Crippen LogP) is 2.49. The van der Waals surface area contributed by atoms with Crippen molar-refractivity contribution in [2.24, 2.45) is 7.05 Å². The van der Waals surface area contributed by atoms with Gasteiger partial charge < -0.3 is 14.2 Å². The van der Waals surface area contributed by atoms with E-state index in [1.165, 1.54) is 0 Å². The zero-order chi connectivity index (χ0) is 17.4. The van der Waals surface area contributed by atoms with Crippen LogP contribution < -0.4 is 0 Å². The largest absolute Gasteiger partial charge is 0.368 e. The third kappa shape index (κ3) is 2.89. The van der Waals surface area contributed by atoms with Gasteiger partial charge in [-0.1, -0.05) is 18.2 Å². The van der Waals surface area contributed by atoms with E-state index in [1.807, 2.05) is 60.0 Å². The smallest absolute Gasteiger partial charge is 0.256 e. The van der Waals surface area contributed by atoms with E-state index in [4.69, 9.17) is 4.74 Å². The van der Waals surface area contributed by atoms with E-state index < -0.39 is 0 Å². The van der Waals surface area contributed by atoms with Crippen LogP contribution in [0.25, 0.3) is 10.9 Å². The van der Waals surface area contributed by atoms with Gasteiger partial charge in [-0.15, -0.1) is 0 Å². The standard InChI is InChI=1S/C19H20N4O2/c1-13-20-8-7-16(21-13)18-12-23(9-10-25-18)19(24)15-11-22(2)17-6-4-3-5-14(15)17/h3-8,11,18H,9-10,12H2,1-2H3. The lowest BCUT2D eigenvalue weighted by molar-refractivity contribution is -0.0247. The molecule has 6 nitrogen and oxygen atoms in total. The minimum absolute atomic E-state index is 0.0379. The van der Waals surface area contributed by atoms with Gasteiger partial charge in [-0.3, -0.25) is 4.79 Å². The highest BCUT2D eigenvalue weighted by molar-refractivity contribution is 6.07. The summed E-state index contributed by atoms with van der Waals surface area (Å²) in [6.07, 6.45) is 3.42.